The molecular weight excluding hydrogens is 558 g/mol. The van der Waals surface area contributed by atoms with Crippen LogP contribution < -0.4 is 19.7 Å². The zero-order chi connectivity index (χ0) is 27.7. The Hall–Kier alpha value is -3.73. The van der Waals surface area contributed by atoms with Crippen molar-refractivity contribution >= 4 is 51.2 Å². The summed E-state index contributed by atoms with van der Waals surface area (Å²) in [5.41, 5.74) is -0.188. The maximum atomic E-state index is 13.2. The van der Waals surface area contributed by atoms with E-state index in [1.165, 1.54) is 43.5 Å². The third kappa shape index (κ3) is 7.18. The molecule has 0 spiro atoms. The molecule has 0 saturated carbocycles. The Morgan fingerprint density at radius 1 is 1.03 bits per heavy atom. The molecule has 10 nitrogen and oxygen atoms in total. The van der Waals surface area contributed by atoms with Gasteiger partial charge in [0.15, 0.2) is 11.5 Å². The topological polar surface area (TPSA) is 128 Å². The van der Waals surface area contributed by atoms with Crippen molar-refractivity contribution in [2.45, 2.75) is 52.4 Å². The zero-order valence-electron chi connectivity index (χ0n) is 21.3. The summed E-state index contributed by atoms with van der Waals surface area (Å²) in [5.74, 6) is -0.818. The van der Waals surface area contributed by atoms with E-state index in [0.717, 1.165) is 25.3 Å². The number of unbranched alkanes of at least 4 members (excludes halogenated alkanes) is 5. The molecule has 1 aliphatic rings. The van der Waals surface area contributed by atoms with E-state index in [9.17, 15) is 24.5 Å². The molecule has 3 rings (SSSR count). The van der Waals surface area contributed by atoms with Gasteiger partial charge < -0.3 is 9.47 Å². The summed E-state index contributed by atoms with van der Waals surface area (Å²) >= 11 is 3.50. The second-order valence-electron chi connectivity index (χ2n) is 8.61. The smallest absolute Gasteiger partial charge is 0.335 e. The fraction of sp³-hybridized carbons (Fsp3) is 0.370. The first-order valence-corrected chi connectivity index (χ1v) is 13.3. The average Bonchev–Trinajstić information content (AvgIpc) is 2.87. The van der Waals surface area contributed by atoms with Crippen LogP contribution in [0.15, 0.2) is 46.4 Å². The number of benzene rings is 2. The first-order valence-electron chi connectivity index (χ1n) is 12.5. The Morgan fingerprint density at radius 2 is 1.76 bits per heavy atom. The van der Waals surface area contributed by atoms with Crippen LogP contribution in [-0.4, -0.2) is 36.0 Å². The van der Waals surface area contributed by atoms with Gasteiger partial charge in [0.05, 0.1) is 28.3 Å². The molecule has 2 aromatic carbocycles. The maximum absolute atomic E-state index is 13.2. The van der Waals surface area contributed by atoms with Gasteiger partial charge in [-0.1, -0.05) is 45.1 Å². The number of hydrogen-bond donors (Lipinski definition) is 1. The number of carbonyl (C=O) groups is 3. The molecule has 0 unspecified atom stereocenters. The van der Waals surface area contributed by atoms with Gasteiger partial charge in [0.25, 0.3) is 17.5 Å². The van der Waals surface area contributed by atoms with E-state index in [1.807, 2.05) is 6.92 Å². The minimum absolute atomic E-state index is 0.0327. The molecule has 2 aromatic rings. The first kappa shape index (κ1) is 28.8. The van der Waals surface area contributed by atoms with E-state index in [1.54, 1.807) is 12.1 Å². The number of nitro benzene ring substituents is 1. The summed E-state index contributed by atoms with van der Waals surface area (Å²) in [7, 11) is 0. The van der Waals surface area contributed by atoms with Crippen molar-refractivity contribution in [3.05, 3.63) is 62.1 Å². The Balaban J connectivity index is 1.85. The number of barbiturate groups is 1. The number of nitrogens with one attached hydrogen (secondary N) is 1. The fourth-order valence-corrected chi connectivity index (χ4v) is 4.51. The lowest BCUT2D eigenvalue weighted by atomic mass is 10.1. The highest BCUT2D eigenvalue weighted by atomic mass is 79.9. The van der Waals surface area contributed by atoms with E-state index in [2.05, 4.69) is 28.2 Å². The van der Waals surface area contributed by atoms with Crippen molar-refractivity contribution in [2.24, 2.45) is 0 Å². The number of non-ortho nitro benzene ring substituents is 1. The van der Waals surface area contributed by atoms with Crippen molar-refractivity contribution in [1.82, 2.24) is 5.32 Å². The van der Waals surface area contributed by atoms with Gasteiger partial charge in [-0.25, -0.2) is 9.69 Å². The van der Waals surface area contributed by atoms with Crippen LogP contribution in [0.1, 0.15) is 57.9 Å². The number of ether oxygens (including phenoxy) is 2. The molecule has 11 heteroatoms. The Labute approximate surface area is 229 Å². The Bertz CT molecular complexity index is 1250. The van der Waals surface area contributed by atoms with Crippen LogP contribution in [-0.2, 0) is 9.59 Å². The summed E-state index contributed by atoms with van der Waals surface area (Å²) in [4.78, 5) is 49.4. The van der Waals surface area contributed by atoms with Gasteiger partial charge in [-0.05, 0) is 59.1 Å². The second-order valence-corrected chi connectivity index (χ2v) is 9.47. The first-order chi connectivity index (χ1) is 18.3. The summed E-state index contributed by atoms with van der Waals surface area (Å²) in [6, 6.07) is 7.38. The van der Waals surface area contributed by atoms with Gasteiger partial charge in [-0.2, -0.15) is 0 Å². The molecule has 0 bridgehead atoms. The van der Waals surface area contributed by atoms with E-state index in [0.29, 0.717) is 39.6 Å². The largest absolute Gasteiger partial charge is 0.490 e. The average molecular weight is 588 g/mol. The molecule has 1 N–H and O–H groups in total. The van der Waals surface area contributed by atoms with Crippen molar-refractivity contribution in [2.75, 3.05) is 18.1 Å². The SMILES string of the molecule is CCCCCCCCOc1c(Br)cc(/C=C2/C(=O)NC(=O)N(c3cccc([N+](=O)[O-])c3)C2=O)cc1OCC. The van der Waals surface area contributed by atoms with Crippen LogP contribution in [0.3, 0.4) is 0 Å². The Morgan fingerprint density at radius 3 is 2.47 bits per heavy atom. The van der Waals surface area contributed by atoms with Gasteiger partial charge >= 0.3 is 6.03 Å². The highest BCUT2D eigenvalue weighted by Gasteiger charge is 2.37. The van der Waals surface area contributed by atoms with E-state index in [-0.39, 0.29) is 16.9 Å². The predicted octanol–water partition coefficient (Wildman–Crippen LogP) is 6.16. The second kappa shape index (κ2) is 13.7. The Kier molecular flexibility index (Phi) is 10.4. The lowest BCUT2D eigenvalue weighted by molar-refractivity contribution is -0.384. The molecule has 1 saturated heterocycles. The predicted molar refractivity (Wildman–Crippen MR) is 146 cm³/mol. The van der Waals surface area contributed by atoms with Gasteiger partial charge in [-0.15, -0.1) is 0 Å². The van der Waals surface area contributed by atoms with Crippen molar-refractivity contribution in [3.8, 4) is 11.5 Å². The minimum atomic E-state index is -0.993. The summed E-state index contributed by atoms with van der Waals surface area (Å²) in [5, 5.41) is 13.3. The minimum Gasteiger partial charge on any atom is -0.490 e. The lowest BCUT2D eigenvalue weighted by Gasteiger charge is -2.26. The molecular formula is C27H30BrN3O7. The van der Waals surface area contributed by atoms with Gasteiger partial charge in [0, 0.05) is 12.1 Å². The van der Waals surface area contributed by atoms with Crippen LogP contribution in [0.5, 0.6) is 11.5 Å². The maximum Gasteiger partial charge on any atom is 0.335 e. The van der Waals surface area contributed by atoms with Crippen LogP contribution in [0.4, 0.5) is 16.2 Å². The fourth-order valence-electron chi connectivity index (χ4n) is 3.94. The number of rotatable bonds is 13. The number of urea groups is 1. The third-order valence-corrected chi connectivity index (χ3v) is 6.38. The van der Waals surface area contributed by atoms with Gasteiger partial charge in [0.2, 0.25) is 0 Å². The number of nitro groups is 1. The quantitative estimate of drug-likeness (QED) is 0.0976. The van der Waals surface area contributed by atoms with Crippen LogP contribution in [0, 0.1) is 10.1 Å². The van der Waals surface area contributed by atoms with E-state index >= 15 is 0 Å². The molecule has 0 radical (unpaired) electrons. The summed E-state index contributed by atoms with van der Waals surface area (Å²) < 4.78 is 12.3. The third-order valence-electron chi connectivity index (χ3n) is 5.79. The van der Waals surface area contributed by atoms with Crippen molar-refractivity contribution < 1.29 is 28.8 Å². The summed E-state index contributed by atoms with van der Waals surface area (Å²) in [6.07, 6.45) is 8.11. The van der Waals surface area contributed by atoms with E-state index < -0.39 is 22.8 Å². The molecule has 1 fully saturated rings. The normalized spacial score (nSPS) is 14.6. The van der Waals surface area contributed by atoms with Crippen molar-refractivity contribution in [3.63, 3.8) is 0 Å². The van der Waals surface area contributed by atoms with Crippen LogP contribution >= 0.6 is 15.9 Å². The number of amides is 4. The number of nitrogens with zero attached hydrogens (tertiary/aromatic N) is 2. The number of hydrogen-bond acceptors (Lipinski definition) is 7. The molecule has 4 amide bonds. The zero-order valence-corrected chi connectivity index (χ0v) is 22.9. The monoisotopic (exact) mass is 587 g/mol. The van der Waals surface area contributed by atoms with Gasteiger partial charge in [0.1, 0.15) is 5.57 Å². The van der Waals surface area contributed by atoms with Crippen LogP contribution in [0.25, 0.3) is 6.08 Å². The molecule has 1 heterocycles. The number of carbonyl (C=O) groups excluding carboxylic acids is 3. The molecule has 0 aromatic heterocycles. The van der Waals surface area contributed by atoms with Crippen molar-refractivity contribution in [1.29, 1.82) is 0 Å². The highest BCUT2D eigenvalue weighted by Crippen LogP contribution is 2.38. The molecule has 202 valence electrons. The molecule has 0 aliphatic carbocycles. The van der Waals surface area contributed by atoms with Gasteiger partial charge in [-0.3, -0.25) is 25.0 Å². The number of halogens is 1. The lowest BCUT2D eigenvalue weighted by Crippen LogP contribution is -2.54. The summed E-state index contributed by atoms with van der Waals surface area (Å²) in [6.45, 7) is 4.90. The molecule has 0 atom stereocenters. The van der Waals surface area contributed by atoms with E-state index in [4.69, 9.17) is 9.47 Å². The number of anilines is 1. The van der Waals surface area contributed by atoms with Crippen LogP contribution in [0.2, 0.25) is 0 Å². The standard InChI is InChI=1S/C27H30BrN3O7/c1-3-5-6-7-8-9-13-38-24-22(28)15-18(16-23(24)37-4-2)14-21-25(32)29-27(34)30(26(21)33)19-11-10-12-20(17-19)31(35)36/h10-12,14-17H,3-9,13H2,1-2H3,(H,29,32,34)/b21-14-. The highest BCUT2D eigenvalue weighted by molar-refractivity contribution is 9.10. The number of imide groups is 2. The molecule has 38 heavy (non-hydrogen) atoms. The molecule has 1 aliphatic heterocycles.